The van der Waals surface area contributed by atoms with Crippen LogP contribution in [0.15, 0.2) is 54.7 Å². The molecule has 29 heavy (non-hydrogen) atoms. The third kappa shape index (κ3) is 4.78. The monoisotopic (exact) mass is 408 g/mol. The highest BCUT2D eigenvalue weighted by molar-refractivity contribution is 8.00. The molecule has 0 spiro atoms. The Labute approximate surface area is 176 Å². The molecule has 1 saturated carbocycles. The third-order valence-electron chi connectivity index (χ3n) is 5.77. The van der Waals surface area contributed by atoms with Crippen molar-refractivity contribution in [2.75, 3.05) is 19.4 Å². The molecule has 1 aliphatic rings. The van der Waals surface area contributed by atoms with Gasteiger partial charge < -0.3 is 15.0 Å². The lowest BCUT2D eigenvalue weighted by molar-refractivity contribution is -0.118. The van der Waals surface area contributed by atoms with Gasteiger partial charge in [-0.25, -0.2) is 0 Å². The van der Waals surface area contributed by atoms with Crippen LogP contribution in [0.1, 0.15) is 42.7 Å². The summed E-state index contributed by atoms with van der Waals surface area (Å²) < 4.78 is 5.31. The van der Waals surface area contributed by atoms with Crippen LogP contribution >= 0.6 is 11.8 Å². The van der Waals surface area contributed by atoms with Gasteiger partial charge in [0, 0.05) is 34.8 Å². The SMILES string of the molecule is COc1ccc([C@H](CNC(=O)CSC2CCCC2)c2c[nH]c3ccccc23)cc1. The Kier molecular flexibility index (Phi) is 6.45. The number of benzene rings is 2. The molecule has 1 aromatic heterocycles. The summed E-state index contributed by atoms with van der Waals surface area (Å²) in [7, 11) is 1.67. The predicted molar refractivity (Wildman–Crippen MR) is 121 cm³/mol. The molecule has 0 bridgehead atoms. The molecular formula is C24H28N2O2S. The molecular weight excluding hydrogens is 380 g/mol. The Balaban J connectivity index is 1.50. The van der Waals surface area contributed by atoms with Crippen LogP contribution in [0.3, 0.4) is 0 Å². The van der Waals surface area contributed by atoms with Gasteiger partial charge in [-0.2, -0.15) is 0 Å². The van der Waals surface area contributed by atoms with Crippen LogP contribution in [0.25, 0.3) is 10.9 Å². The lowest BCUT2D eigenvalue weighted by Crippen LogP contribution is -2.30. The topological polar surface area (TPSA) is 54.1 Å². The van der Waals surface area contributed by atoms with E-state index in [0.717, 1.165) is 11.3 Å². The number of carbonyl (C=O) groups is 1. The Morgan fingerprint density at radius 3 is 2.69 bits per heavy atom. The fourth-order valence-corrected chi connectivity index (χ4v) is 5.30. The summed E-state index contributed by atoms with van der Waals surface area (Å²) in [6.07, 6.45) is 7.18. The van der Waals surface area contributed by atoms with Crippen molar-refractivity contribution >= 4 is 28.6 Å². The Hall–Kier alpha value is -2.40. The number of rotatable bonds is 8. The number of carbonyl (C=O) groups excluding carboxylic acids is 1. The van der Waals surface area contributed by atoms with Gasteiger partial charge in [-0.3, -0.25) is 4.79 Å². The summed E-state index contributed by atoms with van der Waals surface area (Å²) in [6, 6.07) is 16.4. The smallest absolute Gasteiger partial charge is 0.230 e. The first-order chi connectivity index (χ1) is 14.2. The number of methoxy groups -OCH3 is 1. The standard InChI is InChI=1S/C24H28N2O2S/c1-28-18-12-10-17(11-13-18)21(22-15-25-23-9-5-4-8-20(22)23)14-26-24(27)16-29-19-6-2-3-7-19/h4-5,8-13,15,19,21,25H,2-3,6-7,14,16H2,1H3,(H,26,27)/t21-/m0/s1. The second kappa shape index (κ2) is 9.40. The van der Waals surface area contributed by atoms with Crippen molar-refractivity contribution in [3.8, 4) is 5.75 Å². The summed E-state index contributed by atoms with van der Waals surface area (Å²) in [5.74, 6) is 1.59. The van der Waals surface area contributed by atoms with Gasteiger partial charge in [0.1, 0.15) is 5.75 Å². The van der Waals surface area contributed by atoms with E-state index in [2.05, 4.69) is 46.8 Å². The minimum Gasteiger partial charge on any atom is -0.497 e. The maximum Gasteiger partial charge on any atom is 0.230 e. The van der Waals surface area contributed by atoms with Gasteiger partial charge in [0.2, 0.25) is 5.91 Å². The zero-order chi connectivity index (χ0) is 20.1. The van der Waals surface area contributed by atoms with Crippen molar-refractivity contribution in [1.29, 1.82) is 0 Å². The number of nitrogens with one attached hydrogen (secondary N) is 2. The molecule has 0 radical (unpaired) electrons. The number of aromatic amines is 1. The van der Waals surface area contributed by atoms with Crippen molar-refractivity contribution < 1.29 is 9.53 Å². The molecule has 4 rings (SSSR count). The van der Waals surface area contributed by atoms with E-state index >= 15 is 0 Å². The van der Waals surface area contributed by atoms with E-state index in [9.17, 15) is 4.79 Å². The number of hydrogen-bond donors (Lipinski definition) is 2. The second-order valence-electron chi connectivity index (χ2n) is 7.64. The zero-order valence-corrected chi connectivity index (χ0v) is 17.6. The molecule has 3 aromatic rings. The van der Waals surface area contributed by atoms with Gasteiger partial charge in [0.05, 0.1) is 12.9 Å². The summed E-state index contributed by atoms with van der Waals surface area (Å²) in [5, 5.41) is 5.04. The maximum atomic E-state index is 12.5. The average Bonchev–Trinajstić information content (AvgIpc) is 3.43. The first-order valence-electron chi connectivity index (χ1n) is 10.3. The molecule has 0 saturated heterocycles. The summed E-state index contributed by atoms with van der Waals surface area (Å²) in [5.41, 5.74) is 3.48. The van der Waals surface area contributed by atoms with Crippen LogP contribution in [0, 0.1) is 0 Å². The molecule has 1 heterocycles. The van der Waals surface area contributed by atoms with Crippen LogP contribution in [-0.2, 0) is 4.79 Å². The number of fused-ring (bicyclic) bond motifs is 1. The molecule has 4 nitrogen and oxygen atoms in total. The fraction of sp³-hybridized carbons (Fsp3) is 0.375. The number of H-pyrrole nitrogens is 1. The van der Waals surface area contributed by atoms with Gasteiger partial charge in [0.25, 0.3) is 0 Å². The maximum absolute atomic E-state index is 12.5. The number of hydrogen-bond acceptors (Lipinski definition) is 3. The minimum absolute atomic E-state index is 0.0810. The lowest BCUT2D eigenvalue weighted by atomic mass is 9.91. The zero-order valence-electron chi connectivity index (χ0n) is 16.8. The third-order valence-corrected chi connectivity index (χ3v) is 7.14. The van der Waals surface area contributed by atoms with E-state index in [1.54, 1.807) is 7.11 Å². The number of amides is 1. The predicted octanol–water partition coefficient (Wildman–Crippen LogP) is 5.10. The van der Waals surface area contributed by atoms with Gasteiger partial charge in [0.15, 0.2) is 0 Å². The second-order valence-corrected chi connectivity index (χ2v) is 8.93. The molecule has 5 heteroatoms. The van der Waals surface area contributed by atoms with Gasteiger partial charge in [-0.15, -0.1) is 11.8 Å². The van der Waals surface area contributed by atoms with Crippen LogP contribution < -0.4 is 10.1 Å². The van der Waals surface area contributed by atoms with E-state index in [1.165, 1.54) is 42.2 Å². The molecule has 1 amide bonds. The highest BCUT2D eigenvalue weighted by Gasteiger charge is 2.20. The van der Waals surface area contributed by atoms with Crippen LogP contribution in [0.5, 0.6) is 5.75 Å². The van der Waals surface area contributed by atoms with Crippen molar-refractivity contribution in [1.82, 2.24) is 10.3 Å². The van der Waals surface area contributed by atoms with E-state index in [1.807, 2.05) is 30.0 Å². The number of aromatic nitrogens is 1. The Morgan fingerprint density at radius 2 is 1.93 bits per heavy atom. The summed E-state index contributed by atoms with van der Waals surface area (Å²) in [4.78, 5) is 15.9. The Bertz CT molecular complexity index is 945. The van der Waals surface area contributed by atoms with Gasteiger partial charge in [-0.05, 0) is 42.2 Å². The van der Waals surface area contributed by atoms with E-state index in [-0.39, 0.29) is 11.8 Å². The van der Waals surface area contributed by atoms with Crippen molar-refractivity contribution in [3.63, 3.8) is 0 Å². The first kappa shape index (κ1) is 19.9. The van der Waals surface area contributed by atoms with E-state index in [0.29, 0.717) is 17.5 Å². The molecule has 1 atom stereocenters. The molecule has 152 valence electrons. The van der Waals surface area contributed by atoms with Crippen LogP contribution in [0.4, 0.5) is 0 Å². The normalized spacial score (nSPS) is 15.5. The van der Waals surface area contributed by atoms with Crippen LogP contribution in [-0.4, -0.2) is 35.5 Å². The van der Waals surface area contributed by atoms with Crippen molar-refractivity contribution in [2.24, 2.45) is 0 Å². The summed E-state index contributed by atoms with van der Waals surface area (Å²) in [6.45, 7) is 0.582. The molecule has 2 N–H and O–H groups in total. The van der Waals surface area contributed by atoms with E-state index < -0.39 is 0 Å². The first-order valence-corrected chi connectivity index (χ1v) is 11.4. The number of para-hydroxylation sites is 1. The van der Waals surface area contributed by atoms with Crippen molar-refractivity contribution in [3.05, 3.63) is 65.9 Å². The minimum atomic E-state index is 0.0810. The van der Waals surface area contributed by atoms with E-state index in [4.69, 9.17) is 4.74 Å². The summed E-state index contributed by atoms with van der Waals surface area (Å²) >= 11 is 1.81. The highest BCUT2D eigenvalue weighted by atomic mass is 32.2. The van der Waals surface area contributed by atoms with Gasteiger partial charge in [-0.1, -0.05) is 43.2 Å². The molecule has 1 fully saturated rings. The van der Waals surface area contributed by atoms with Crippen molar-refractivity contribution in [2.45, 2.75) is 36.9 Å². The van der Waals surface area contributed by atoms with Crippen LogP contribution in [0.2, 0.25) is 0 Å². The van der Waals surface area contributed by atoms with Gasteiger partial charge >= 0.3 is 0 Å². The lowest BCUT2D eigenvalue weighted by Gasteiger charge is -2.19. The quantitative estimate of drug-likeness (QED) is 0.545. The number of ether oxygens (including phenoxy) is 1. The molecule has 2 aromatic carbocycles. The molecule has 1 aliphatic carbocycles. The largest absolute Gasteiger partial charge is 0.497 e. The fourth-order valence-electron chi connectivity index (χ4n) is 4.14. The highest BCUT2D eigenvalue weighted by Crippen LogP contribution is 2.32. The molecule has 0 unspecified atom stereocenters. The average molecular weight is 409 g/mol. The Morgan fingerprint density at radius 1 is 1.17 bits per heavy atom. The number of thioether (sulfide) groups is 1. The molecule has 0 aliphatic heterocycles.